The van der Waals surface area contributed by atoms with Crippen LogP contribution in [0.3, 0.4) is 0 Å². The van der Waals surface area contributed by atoms with Gasteiger partial charge < -0.3 is 28.5 Å². The molecule has 7 heteroatoms. The average Bonchev–Trinajstić information content (AvgIpc) is 1.57. The molecule has 20 aromatic rings. The monoisotopic (exact) mass is 1510 g/mol. The van der Waals surface area contributed by atoms with Crippen LogP contribution in [0, 0.1) is 0 Å². The third-order valence-electron chi connectivity index (χ3n) is 23.4. The number of hydrogen-bond acceptors (Lipinski definition) is 6. The Kier molecular flexibility index (Phi) is 15.4. The van der Waals surface area contributed by atoms with Gasteiger partial charge in [-0.15, -0.1) is 0 Å². The summed E-state index contributed by atoms with van der Waals surface area (Å²) < 4.78 is 27.1. The highest BCUT2D eigenvalue weighted by Crippen LogP contribution is 2.66. The van der Waals surface area contributed by atoms with Crippen molar-refractivity contribution in [1.82, 2.24) is 0 Å². The first kappa shape index (κ1) is 65.8. The Morgan fingerprint density at radius 3 is 1.19 bits per heavy atom. The van der Waals surface area contributed by atoms with E-state index in [9.17, 15) is 0 Å². The van der Waals surface area contributed by atoms with Gasteiger partial charge in [-0.1, -0.05) is 307 Å². The van der Waals surface area contributed by atoms with Crippen molar-refractivity contribution in [3.63, 3.8) is 0 Å². The summed E-state index contributed by atoms with van der Waals surface area (Å²) in [5, 5.41) is 12.6. The zero-order chi connectivity index (χ0) is 74.7. The highest BCUT2D eigenvalue weighted by molar-refractivity contribution is 9.10. The Labute approximate surface area is 661 Å². The van der Waals surface area contributed by atoms with Crippen LogP contribution < -0.4 is 19.7 Å². The standard InChI is InChI=1S/C53H33NO2.C29H17BrO.C24H17NO/c1-2-12-34(13-3-1)35-22-25-37(26-23-35)54(39-28-30-44-43-17-7-10-20-49(43)55-51(44)33-39)38-27-29-42-41-16-6-8-18-45(41)53(48(42)32-38)46-19-9-11-21-50(46)56-52-40-15-5-4-14-36(40)24-31-47(52)53;30-19-14-15-22-21-9-3-4-10-23(21)29(26(22)17-19)24-11-5-6-12-27(24)31-28-20-8-2-1-7-18(20)13-16-25(28)29;1-2-6-17(7-3-1)18-10-12-19(13-11-18)25-20-14-15-22-21-8-4-5-9-23(21)26-24(22)16-20/h1-33H;1-17H;1-16,25H. The van der Waals surface area contributed by atoms with Crippen molar-refractivity contribution in [2.45, 2.75) is 10.8 Å². The molecule has 0 saturated heterocycles. The summed E-state index contributed by atoms with van der Waals surface area (Å²) >= 11 is 3.75. The molecule has 0 bridgehead atoms. The molecule has 0 saturated carbocycles. The Bertz CT molecular complexity index is 7190. The van der Waals surface area contributed by atoms with Crippen molar-refractivity contribution in [2.75, 3.05) is 10.2 Å². The molecule has 24 rings (SSSR count). The maximum Gasteiger partial charge on any atom is 0.140 e. The summed E-state index contributed by atoms with van der Waals surface area (Å²) in [7, 11) is 0. The molecule has 2 unspecified atom stereocenters. The number of furan rings is 2. The topological polar surface area (TPSA) is 60.0 Å². The first-order valence-corrected chi connectivity index (χ1v) is 39.1. The first-order chi connectivity index (χ1) is 55.9. The van der Waals surface area contributed by atoms with Crippen LogP contribution in [0.25, 0.3) is 110 Å². The molecule has 0 radical (unpaired) electrons. The molecule has 2 aliphatic carbocycles. The third kappa shape index (κ3) is 10.5. The normalized spacial score (nSPS) is 14.8. The maximum atomic E-state index is 6.92. The van der Waals surface area contributed by atoms with Crippen LogP contribution in [0.5, 0.6) is 23.0 Å². The van der Waals surface area contributed by atoms with Gasteiger partial charge in [0.25, 0.3) is 0 Å². The lowest BCUT2D eigenvalue weighted by Crippen LogP contribution is -2.32. The number of anilines is 5. The first-order valence-electron chi connectivity index (χ1n) is 38.3. The van der Waals surface area contributed by atoms with E-state index < -0.39 is 10.8 Å². The SMILES string of the molecule is Brc1ccc2c(c1)C1(c3ccccc3Oc3c1ccc1ccccc31)c1ccccc1-2.c1ccc(-c2ccc(N(c3ccc4c(c3)C3(c5ccccc5Oc5c3ccc3ccccc53)c3ccccc3-4)c3ccc4c(c3)oc3ccccc34)cc2)cc1.c1ccc(-c2ccc(Nc3ccc4c(c3)oc3ccccc34)cc2)cc1. The van der Waals surface area contributed by atoms with Gasteiger partial charge in [0.2, 0.25) is 0 Å². The highest BCUT2D eigenvalue weighted by Gasteiger charge is 2.53. The Hall–Kier alpha value is -14.2. The van der Waals surface area contributed by atoms with Gasteiger partial charge in [-0.25, -0.2) is 0 Å². The van der Waals surface area contributed by atoms with Crippen molar-refractivity contribution in [2.24, 2.45) is 0 Å². The van der Waals surface area contributed by atoms with Gasteiger partial charge in [0.15, 0.2) is 0 Å². The molecule has 2 aromatic heterocycles. The predicted molar refractivity (Wildman–Crippen MR) is 467 cm³/mol. The van der Waals surface area contributed by atoms with Crippen molar-refractivity contribution < 1.29 is 18.3 Å². The zero-order valence-electron chi connectivity index (χ0n) is 61.1. The number of halogens is 1. The van der Waals surface area contributed by atoms with Crippen molar-refractivity contribution >= 4 is 110 Å². The second-order valence-corrected chi connectivity index (χ2v) is 30.4. The maximum absolute atomic E-state index is 6.92. The van der Waals surface area contributed by atoms with Crippen LogP contribution in [-0.2, 0) is 10.8 Å². The van der Waals surface area contributed by atoms with Crippen LogP contribution in [-0.4, -0.2) is 0 Å². The summed E-state index contributed by atoms with van der Waals surface area (Å²) in [6, 6.07) is 142. The quantitative estimate of drug-likeness (QED) is 0.172. The molecule has 18 aromatic carbocycles. The lowest BCUT2D eigenvalue weighted by Gasteiger charge is -2.40. The minimum atomic E-state index is -0.609. The van der Waals surface area contributed by atoms with Crippen molar-refractivity contribution in [3.8, 4) is 67.5 Å². The molecule has 0 fully saturated rings. The summed E-state index contributed by atoms with van der Waals surface area (Å²) in [6.07, 6.45) is 0. The lowest BCUT2D eigenvalue weighted by atomic mass is 9.65. The van der Waals surface area contributed by atoms with Crippen LogP contribution in [0.1, 0.15) is 44.5 Å². The zero-order valence-corrected chi connectivity index (χ0v) is 62.6. The number of ether oxygens (including phenoxy) is 2. The van der Waals surface area contributed by atoms with Gasteiger partial charge in [0.1, 0.15) is 45.3 Å². The summed E-state index contributed by atoms with van der Waals surface area (Å²) in [4.78, 5) is 2.37. The average molecular weight is 1510 g/mol. The lowest BCUT2D eigenvalue weighted by molar-refractivity contribution is 0.441. The predicted octanol–water partition coefficient (Wildman–Crippen LogP) is 29.4. The highest BCUT2D eigenvalue weighted by atomic mass is 79.9. The fraction of sp³-hybridized carbons (Fsp3) is 0.0189. The Morgan fingerprint density at radius 1 is 0.239 bits per heavy atom. The van der Waals surface area contributed by atoms with E-state index in [1.807, 2.05) is 36.4 Å². The molecular formula is C106H67BrN2O4. The molecule has 0 amide bonds. The Balaban J connectivity index is 0.000000115. The number of rotatable bonds is 7. The molecule has 6 nitrogen and oxygen atoms in total. The number of fused-ring (bicyclic) bond motifs is 28. The fourth-order valence-corrected chi connectivity index (χ4v) is 18.8. The van der Waals surface area contributed by atoms with E-state index in [-0.39, 0.29) is 0 Å². The van der Waals surface area contributed by atoms with E-state index in [1.54, 1.807) is 0 Å². The van der Waals surface area contributed by atoms with Gasteiger partial charge in [0.05, 0.1) is 10.8 Å². The van der Waals surface area contributed by atoms with Gasteiger partial charge in [-0.05, 0) is 175 Å². The second-order valence-electron chi connectivity index (χ2n) is 29.4. The molecule has 2 aliphatic heterocycles. The van der Waals surface area contributed by atoms with Gasteiger partial charge >= 0.3 is 0 Å². The van der Waals surface area contributed by atoms with E-state index in [1.165, 1.54) is 83.3 Å². The largest absolute Gasteiger partial charge is 0.456 e. The van der Waals surface area contributed by atoms with Gasteiger partial charge in [0, 0.05) is 99.6 Å². The van der Waals surface area contributed by atoms with E-state index in [4.69, 9.17) is 18.3 Å². The summed E-state index contributed by atoms with van der Waals surface area (Å²) in [5.41, 5.74) is 27.4. The molecular weight excluding hydrogens is 1450 g/mol. The van der Waals surface area contributed by atoms with Crippen LogP contribution >= 0.6 is 15.9 Å². The van der Waals surface area contributed by atoms with E-state index >= 15 is 0 Å². The second kappa shape index (κ2) is 26.5. The third-order valence-corrected chi connectivity index (χ3v) is 23.9. The number of para-hydroxylation sites is 4. The minimum absolute atomic E-state index is 0.413. The smallest absolute Gasteiger partial charge is 0.140 e. The molecule has 4 heterocycles. The summed E-state index contributed by atoms with van der Waals surface area (Å²) in [5.74, 6) is 3.68. The van der Waals surface area contributed by atoms with Crippen molar-refractivity contribution in [3.05, 3.63) is 449 Å². The van der Waals surface area contributed by atoms with Gasteiger partial charge in [-0.3, -0.25) is 0 Å². The fourth-order valence-electron chi connectivity index (χ4n) is 18.4. The minimum Gasteiger partial charge on any atom is -0.456 e. The molecule has 113 heavy (non-hydrogen) atoms. The van der Waals surface area contributed by atoms with Gasteiger partial charge in [-0.2, -0.15) is 0 Å². The van der Waals surface area contributed by atoms with Crippen LogP contribution in [0.15, 0.2) is 414 Å². The number of nitrogens with one attached hydrogen (secondary N) is 1. The molecule has 2 atom stereocenters. The number of nitrogens with zero attached hydrogens (tertiary/aromatic N) is 1. The van der Waals surface area contributed by atoms with Crippen LogP contribution in [0.4, 0.5) is 28.4 Å². The van der Waals surface area contributed by atoms with E-state index in [2.05, 4.69) is 390 Å². The number of benzene rings is 18. The van der Waals surface area contributed by atoms with Crippen molar-refractivity contribution in [1.29, 1.82) is 0 Å². The molecule has 2 spiro atoms. The summed E-state index contributed by atoms with van der Waals surface area (Å²) in [6.45, 7) is 0. The number of hydrogen-bond donors (Lipinski definition) is 1. The van der Waals surface area contributed by atoms with Crippen LogP contribution in [0.2, 0.25) is 0 Å². The molecule has 4 aliphatic rings. The Morgan fingerprint density at radius 2 is 0.628 bits per heavy atom. The van der Waals surface area contributed by atoms with E-state index in [0.717, 1.165) is 127 Å². The van der Waals surface area contributed by atoms with E-state index in [0.29, 0.717) is 0 Å². The molecule has 532 valence electrons. The molecule has 1 N–H and O–H groups in total.